The Bertz CT molecular complexity index is 1080. The number of nitrogens with zero attached hydrogens (tertiary/aromatic N) is 2. The van der Waals surface area contributed by atoms with Gasteiger partial charge in [-0.25, -0.2) is 4.79 Å². The lowest BCUT2D eigenvalue weighted by molar-refractivity contribution is -0.118. The first-order chi connectivity index (χ1) is 16.2. The highest BCUT2D eigenvalue weighted by atomic mass is 16.5. The van der Waals surface area contributed by atoms with Crippen LogP contribution >= 0.6 is 0 Å². The molecule has 0 fully saturated rings. The summed E-state index contributed by atoms with van der Waals surface area (Å²) < 4.78 is 17.4. The number of amides is 1. The molecule has 0 aliphatic rings. The zero-order valence-electron chi connectivity index (χ0n) is 20.9. The highest BCUT2D eigenvalue weighted by Crippen LogP contribution is 2.38. The Morgan fingerprint density at radius 3 is 2.24 bits per heavy atom. The number of aromatic amines is 1. The molecule has 0 aliphatic carbocycles. The maximum absolute atomic E-state index is 13.5. The molecular formula is C24H36N4O6. The number of benzene rings is 1. The second kappa shape index (κ2) is 12.2. The Morgan fingerprint density at radius 2 is 1.74 bits per heavy atom. The number of ether oxygens (including phenoxy) is 3. The predicted octanol–water partition coefficient (Wildman–Crippen LogP) is 2.57. The van der Waals surface area contributed by atoms with Crippen LogP contribution in [0.5, 0.6) is 17.2 Å². The van der Waals surface area contributed by atoms with Crippen molar-refractivity contribution >= 4 is 17.4 Å². The third-order valence-electron chi connectivity index (χ3n) is 5.53. The predicted molar refractivity (Wildman–Crippen MR) is 132 cm³/mol. The molecule has 0 spiro atoms. The average molecular weight is 477 g/mol. The first-order valence-corrected chi connectivity index (χ1v) is 11.4. The maximum atomic E-state index is 13.5. The molecule has 0 atom stereocenters. The van der Waals surface area contributed by atoms with Crippen molar-refractivity contribution in [3.63, 3.8) is 0 Å². The topological polar surface area (TPSA) is 129 Å². The second-order valence-corrected chi connectivity index (χ2v) is 8.44. The molecule has 0 bridgehead atoms. The number of methoxy groups -OCH3 is 3. The molecule has 188 valence electrons. The normalized spacial score (nSPS) is 10.9. The van der Waals surface area contributed by atoms with E-state index in [1.165, 1.54) is 30.8 Å². The van der Waals surface area contributed by atoms with Gasteiger partial charge in [-0.3, -0.25) is 19.1 Å². The molecule has 3 N–H and O–H groups in total. The van der Waals surface area contributed by atoms with E-state index in [-0.39, 0.29) is 36.3 Å². The molecule has 1 heterocycles. The van der Waals surface area contributed by atoms with E-state index < -0.39 is 11.2 Å². The van der Waals surface area contributed by atoms with E-state index in [0.29, 0.717) is 42.2 Å². The van der Waals surface area contributed by atoms with Gasteiger partial charge in [-0.15, -0.1) is 0 Å². The van der Waals surface area contributed by atoms with E-state index in [1.807, 2.05) is 20.8 Å². The van der Waals surface area contributed by atoms with Gasteiger partial charge in [0.05, 0.1) is 27.8 Å². The van der Waals surface area contributed by atoms with Crippen molar-refractivity contribution in [2.75, 3.05) is 38.5 Å². The minimum atomic E-state index is -0.683. The Balaban J connectivity index is 2.54. The van der Waals surface area contributed by atoms with Gasteiger partial charge in [-0.2, -0.15) is 0 Å². The standard InChI is InChI=1S/C24H36N4O6/c1-7-8-10-28-22(25)20(23(30)26-24(28)31)27(11-9-15(2)3)19(29)14-16-12-17(32-4)21(34-6)18(13-16)33-5/h12-13,15H,7-11,14,25H2,1-6H3,(H,26,30,31). The van der Waals surface area contributed by atoms with Gasteiger partial charge in [-0.05, 0) is 36.5 Å². The number of unbranched alkanes of at least 4 members (excludes halogenated alkanes) is 1. The van der Waals surface area contributed by atoms with Crippen molar-refractivity contribution in [3.05, 3.63) is 38.5 Å². The molecule has 1 aromatic heterocycles. The van der Waals surface area contributed by atoms with E-state index in [0.717, 1.165) is 6.42 Å². The van der Waals surface area contributed by atoms with E-state index in [9.17, 15) is 14.4 Å². The summed E-state index contributed by atoms with van der Waals surface area (Å²) in [6.07, 6.45) is 2.16. The van der Waals surface area contributed by atoms with Gasteiger partial charge in [-0.1, -0.05) is 27.2 Å². The third kappa shape index (κ3) is 6.12. The molecule has 0 aliphatic heterocycles. The molecule has 0 unspecified atom stereocenters. The fourth-order valence-electron chi connectivity index (χ4n) is 3.63. The SMILES string of the molecule is CCCCn1c(N)c(N(CCC(C)C)C(=O)Cc2cc(OC)c(OC)c(OC)c2)c(=O)[nH]c1=O. The van der Waals surface area contributed by atoms with E-state index in [2.05, 4.69) is 4.98 Å². The molecule has 10 heteroatoms. The minimum absolute atomic E-state index is 0.00575. The van der Waals surface area contributed by atoms with Crippen LogP contribution < -0.4 is 36.1 Å². The minimum Gasteiger partial charge on any atom is -0.493 e. The molecule has 2 aromatic rings. The summed E-state index contributed by atoms with van der Waals surface area (Å²) in [5.74, 6) is 1.19. The molecule has 1 amide bonds. The molecule has 0 radical (unpaired) electrons. The molecule has 1 aromatic carbocycles. The van der Waals surface area contributed by atoms with Crippen LogP contribution in [0.2, 0.25) is 0 Å². The lowest BCUT2D eigenvalue weighted by Crippen LogP contribution is -2.42. The molecule has 0 saturated heterocycles. The number of rotatable bonds is 12. The number of nitrogens with one attached hydrogen (secondary N) is 1. The zero-order valence-corrected chi connectivity index (χ0v) is 20.9. The van der Waals surface area contributed by atoms with Crippen LogP contribution in [0.25, 0.3) is 0 Å². The van der Waals surface area contributed by atoms with E-state index in [4.69, 9.17) is 19.9 Å². The van der Waals surface area contributed by atoms with Crippen LogP contribution in [-0.4, -0.2) is 43.3 Å². The van der Waals surface area contributed by atoms with Crippen molar-refractivity contribution in [2.45, 2.75) is 53.0 Å². The Kier molecular flexibility index (Phi) is 9.58. The molecule has 0 saturated carbocycles. The number of H-pyrrole nitrogens is 1. The summed E-state index contributed by atoms with van der Waals surface area (Å²) in [7, 11) is 4.50. The first kappa shape index (κ1) is 26.8. The number of hydrogen-bond donors (Lipinski definition) is 2. The highest BCUT2D eigenvalue weighted by Gasteiger charge is 2.25. The van der Waals surface area contributed by atoms with Gasteiger partial charge in [0, 0.05) is 13.1 Å². The largest absolute Gasteiger partial charge is 0.493 e. The van der Waals surface area contributed by atoms with Gasteiger partial charge >= 0.3 is 5.69 Å². The number of nitrogen functional groups attached to an aromatic ring is 1. The molecule has 2 rings (SSSR count). The van der Waals surface area contributed by atoms with Crippen molar-refractivity contribution in [2.24, 2.45) is 5.92 Å². The maximum Gasteiger partial charge on any atom is 0.330 e. The average Bonchev–Trinajstić information content (AvgIpc) is 2.79. The quantitative estimate of drug-likeness (QED) is 0.482. The monoisotopic (exact) mass is 476 g/mol. The van der Waals surface area contributed by atoms with Crippen LogP contribution in [0.3, 0.4) is 0 Å². The van der Waals surface area contributed by atoms with Gasteiger partial charge in [0.2, 0.25) is 11.7 Å². The summed E-state index contributed by atoms with van der Waals surface area (Å²) in [4.78, 5) is 42.4. The van der Waals surface area contributed by atoms with Crippen LogP contribution in [0.4, 0.5) is 11.5 Å². The van der Waals surface area contributed by atoms with Crippen molar-refractivity contribution in [1.82, 2.24) is 9.55 Å². The number of nitrogens with two attached hydrogens (primary N) is 1. The third-order valence-corrected chi connectivity index (χ3v) is 5.53. The van der Waals surface area contributed by atoms with Crippen LogP contribution in [0.15, 0.2) is 21.7 Å². The zero-order chi connectivity index (χ0) is 25.4. The van der Waals surface area contributed by atoms with Crippen molar-refractivity contribution in [3.8, 4) is 17.2 Å². The van der Waals surface area contributed by atoms with Gasteiger partial charge in [0.25, 0.3) is 5.56 Å². The molecule has 34 heavy (non-hydrogen) atoms. The lowest BCUT2D eigenvalue weighted by Gasteiger charge is -2.25. The van der Waals surface area contributed by atoms with Crippen LogP contribution in [0, 0.1) is 5.92 Å². The Hall–Kier alpha value is -3.43. The summed E-state index contributed by atoms with van der Waals surface area (Å²) in [6, 6.07) is 3.38. The number of carbonyl (C=O) groups is 1. The van der Waals surface area contributed by atoms with Crippen LogP contribution in [-0.2, 0) is 17.8 Å². The first-order valence-electron chi connectivity index (χ1n) is 11.4. The van der Waals surface area contributed by atoms with Gasteiger partial charge in [0.15, 0.2) is 17.2 Å². The number of carbonyl (C=O) groups excluding carboxylic acids is 1. The lowest BCUT2D eigenvalue weighted by atomic mass is 10.1. The fraction of sp³-hybridized carbons (Fsp3) is 0.542. The number of anilines is 2. The smallest absolute Gasteiger partial charge is 0.330 e. The Morgan fingerprint density at radius 1 is 1.12 bits per heavy atom. The summed E-state index contributed by atoms with van der Waals surface area (Å²) in [5, 5.41) is 0. The van der Waals surface area contributed by atoms with Gasteiger partial charge < -0.3 is 24.8 Å². The second-order valence-electron chi connectivity index (χ2n) is 8.44. The number of aromatic nitrogens is 2. The molecule has 10 nitrogen and oxygen atoms in total. The molecular weight excluding hydrogens is 440 g/mol. The summed E-state index contributed by atoms with van der Waals surface area (Å²) in [5.41, 5.74) is 5.63. The van der Waals surface area contributed by atoms with Crippen molar-refractivity contribution < 1.29 is 19.0 Å². The van der Waals surface area contributed by atoms with Crippen molar-refractivity contribution in [1.29, 1.82) is 0 Å². The Labute approximate surface area is 199 Å². The van der Waals surface area contributed by atoms with E-state index in [1.54, 1.807) is 12.1 Å². The number of hydrogen-bond acceptors (Lipinski definition) is 7. The van der Waals surface area contributed by atoms with Gasteiger partial charge in [0.1, 0.15) is 5.82 Å². The summed E-state index contributed by atoms with van der Waals surface area (Å²) >= 11 is 0. The summed E-state index contributed by atoms with van der Waals surface area (Å²) in [6.45, 7) is 6.67. The highest BCUT2D eigenvalue weighted by molar-refractivity contribution is 5.97. The van der Waals surface area contributed by atoms with Crippen LogP contribution in [0.1, 0.15) is 45.6 Å². The fourth-order valence-corrected chi connectivity index (χ4v) is 3.63. The van der Waals surface area contributed by atoms with E-state index >= 15 is 0 Å².